The van der Waals surface area contributed by atoms with Gasteiger partial charge in [-0.2, -0.15) is 0 Å². The summed E-state index contributed by atoms with van der Waals surface area (Å²) in [6, 6.07) is 19.7. The number of nitrogens with zero attached hydrogens (tertiary/aromatic N) is 3. The zero-order chi connectivity index (χ0) is 26.5. The van der Waals surface area contributed by atoms with E-state index >= 15 is 0 Å². The smallest absolute Gasteiger partial charge is 0.266 e. The molecule has 4 atom stereocenters. The third kappa shape index (κ3) is 2.78. The SMILES string of the molecule is Cc1ccc(Cl)cc1N1C(=O)[C@H]2C(C(C)C)NC3(c4ccccc4-n4c3nc3ccccc3c4=O)[C@H]2C1=O. The highest BCUT2D eigenvalue weighted by atomic mass is 35.5. The van der Waals surface area contributed by atoms with Crippen LogP contribution in [0.4, 0.5) is 5.69 Å². The fourth-order valence-electron chi connectivity index (χ4n) is 6.79. The maximum Gasteiger partial charge on any atom is 0.266 e. The van der Waals surface area contributed by atoms with Gasteiger partial charge in [-0.25, -0.2) is 9.88 Å². The number of aryl methyl sites for hydroxylation is 1. The lowest BCUT2D eigenvalue weighted by atomic mass is 9.75. The number of anilines is 1. The first kappa shape index (κ1) is 23.3. The van der Waals surface area contributed by atoms with Gasteiger partial charge in [0.15, 0.2) is 0 Å². The Morgan fingerprint density at radius 1 is 0.947 bits per heavy atom. The largest absolute Gasteiger partial charge is 0.296 e. The monoisotopic (exact) mass is 524 g/mol. The molecule has 2 fully saturated rings. The van der Waals surface area contributed by atoms with E-state index in [1.54, 1.807) is 22.8 Å². The van der Waals surface area contributed by atoms with Crippen molar-refractivity contribution in [3.8, 4) is 5.69 Å². The molecule has 3 aliphatic rings. The zero-order valence-electron chi connectivity index (χ0n) is 21.1. The van der Waals surface area contributed by atoms with Crippen LogP contribution in [-0.2, 0) is 15.1 Å². The van der Waals surface area contributed by atoms with Crippen molar-refractivity contribution in [1.82, 2.24) is 14.9 Å². The molecule has 0 radical (unpaired) electrons. The Bertz CT molecular complexity index is 1760. The number of carbonyl (C=O) groups is 2. The number of imide groups is 1. The van der Waals surface area contributed by atoms with Crippen molar-refractivity contribution in [2.75, 3.05) is 4.90 Å². The number of hydrogen-bond acceptors (Lipinski definition) is 5. The van der Waals surface area contributed by atoms with Crippen LogP contribution in [-0.4, -0.2) is 27.4 Å². The van der Waals surface area contributed by atoms with Gasteiger partial charge in [-0.3, -0.25) is 24.3 Å². The number of hydrogen-bond donors (Lipinski definition) is 1. The number of fused-ring (bicyclic) bond motifs is 8. The van der Waals surface area contributed by atoms with E-state index in [4.69, 9.17) is 16.6 Å². The molecule has 4 heterocycles. The third-order valence-electron chi connectivity index (χ3n) is 8.43. The second-order valence-electron chi connectivity index (χ2n) is 10.8. The molecule has 0 saturated carbocycles. The Labute approximate surface area is 224 Å². The van der Waals surface area contributed by atoms with E-state index in [1.807, 2.05) is 69.3 Å². The van der Waals surface area contributed by atoms with Gasteiger partial charge >= 0.3 is 0 Å². The lowest BCUT2D eigenvalue weighted by Crippen LogP contribution is -2.51. The predicted molar refractivity (Wildman–Crippen MR) is 146 cm³/mol. The first-order chi connectivity index (χ1) is 18.3. The van der Waals surface area contributed by atoms with E-state index in [0.717, 1.165) is 11.1 Å². The number of benzene rings is 3. The number of rotatable bonds is 2. The molecular weight excluding hydrogens is 500 g/mol. The van der Waals surface area contributed by atoms with E-state index in [0.29, 0.717) is 33.1 Å². The van der Waals surface area contributed by atoms with Crippen LogP contribution in [0.1, 0.15) is 30.8 Å². The Morgan fingerprint density at radius 3 is 2.47 bits per heavy atom. The molecule has 190 valence electrons. The summed E-state index contributed by atoms with van der Waals surface area (Å²) in [4.78, 5) is 48.8. The lowest BCUT2D eigenvalue weighted by molar-refractivity contribution is -0.123. The zero-order valence-corrected chi connectivity index (χ0v) is 21.9. The molecule has 2 unspecified atom stereocenters. The summed E-state index contributed by atoms with van der Waals surface area (Å²) in [6.45, 7) is 5.95. The van der Waals surface area contributed by atoms with Crippen LogP contribution in [0.15, 0.2) is 71.5 Å². The molecule has 1 N–H and O–H groups in total. The van der Waals surface area contributed by atoms with Gasteiger partial charge in [0, 0.05) is 16.6 Å². The van der Waals surface area contributed by atoms with Crippen LogP contribution in [0.3, 0.4) is 0 Å². The van der Waals surface area contributed by atoms with E-state index in [1.165, 1.54) is 4.90 Å². The van der Waals surface area contributed by atoms with E-state index in [2.05, 4.69) is 5.32 Å². The maximum absolute atomic E-state index is 14.5. The van der Waals surface area contributed by atoms with Crippen LogP contribution < -0.4 is 15.8 Å². The van der Waals surface area contributed by atoms with Crippen LogP contribution in [0.5, 0.6) is 0 Å². The first-order valence-corrected chi connectivity index (χ1v) is 13.2. The summed E-state index contributed by atoms with van der Waals surface area (Å²) >= 11 is 6.31. The molecule has 0 aliphatic carbocycles. The molecule has 2 saturated heterocycles. The van der Waals surface area contributed by atoms with Gasteiger partial charge < -0.3 is 0 Å². The highest BCUT2D eigenvalue weighted by Crippen LogP contribution is 2.56. The summed E-state index contributed by atoms with van der Waals surface area (Å²) < 4.78 is 1.62. The number of para-hydroxylation sites is 2. The summed E-state index contributed by atoms with van der Waals surface area (Å²) in [7, 11) is 0. The molecule has 2 amide bonds. The van der Waals surface area contributed by atoms with Crippen molar-refractivity contribution in [3.63, 3.8) is 0 Å². The van der Waals surface area contributed by atoms with Crippen LogP contribution in [0.25, 0.3) is 16.6 Å². The average Bonchev–Trinajstić information content (AvgIpc) is 3.50. The van der Waals surface area contributed by atoms with E-state index in [-0.39, 0.29) is 29.3 Å². The Kier molecular flexibility index (Phi) is 4.82. The highest BCUT2D eigenvalue weighted by Gasteiger charge is 2.70. The summed E-state index contributed by atoms with van der Waals surface area (Å²) in [5, 5.41) is 4.67. The summed E-state index contributed by atoms with van der Waals surface area (Å²) in [5.41, 5.74) is 1.96. The van der Waals surface area contributed by atoms with Crippen LogP contribution >= 0.6 is 11.6 Å². The molecule has 4 aromatic rings. The number of aromatic nitrogens is 2. The number of halogens is 1. The van der Waals surface area contributed by atoms with Crippen molar-refractivity contribution in [1.29, 1.82) is 0 Å². The third-order valence-corrected chi connectivity index (χ3v) is 8.66. The molecule has 0 bridgehead atoms. The molecular formula is C30H25ClN4O3. The Morgan fingerprint density at radius 2 is 1.68 bits per heavy atom. The molecule has 7 nitrogen and oxygen atoms in total. The van der Waals surface area contributed by atoms with Crippen LogP contribution in [0.2, 0.25) is 5.02 Å². The van der Waals surface area contributed by atoms with Gasteiger partial charge in [0.1, 0.15) is 11.4 Å². The van der Waals surface area contributed by atoms with Crippen molar-refractivity contribution in [2.24, 2.45) is 17.8 Å². The van der Waals surface area contributed by atoms with Gasteiger partial charge in [0.2, 0.25) is 11.8 Å². The maximum atomic E-state index is 14.5. The van der Waals surface area contributed by atoms with Crippen molar-refractivity contribution in [3.05, 3.63) is 99.1 Å². The first-order valence-electron chi connectivity index (χ1n) is 12.8. The fraction of sp³-hybridized carbons (Fsp3) is 0.267. The number of carbonyl (C=O) groups excluding carboxylic acids is 2. The number of amides is 2. The minimum absolute atomic E-state index is 0.0347. The second-order valence-corrected chi connectivity index (χ2v) is 11.2. The molecule has 8 heteroatoms. The van der Waals surface area contributed by atoms with Crippen LogP contribution in [0, 0.1) is 24.7 Å². The minimum Gasteiger partial charge on any atom is -0.296 e. The topological polar surface area (TPSA) is 84.3 Å². The van der Waals surface area contributed by atoms with E-state index < -0.39 is 17.4 Å². The van der Waals surface area contributed by atoms with Crippen molar-refractivity contribution < 1.29 is 9.59 Å². The molecule has 7 rings (SSSR count). The van der Waals surface area contributed by atoms with Gasteiger partial charge in [-0.1, -0.05) is 61.8 Å². The fourth-order valence-corrected chi connectivity index (χ4v) is 6.95. The lowest BCUT2D eigenvalue weighted by Gasteiger charge is -2.32. The van der Waals surface area contributed by atoms with Gasteiger partial charge in [-0.15, -0.1) is 0 Å². The quantitative estimate of drug-likeness (QED) is 0.394. The molecule has 3 aromatic carbocycles. The average molecular weight is 525 g/mol. The highest BCUT2D eigenvalue weighted by molar-refractivity contribution is 6.31. The number of nitrogens with one attached hydrogen (secondary N) is 1. The van der Waals surface area contributed by atoms with E-state index in [9.17, 15) is 14.4 Å². The van der Waals surface area contributed by atoms with Crippen molar-refractivity contribution in [2.45, 2.75) is 32.4 Å². The van der Waals surface area contributed by atoms with Gasteiger partial charge in [0.25, 0.3) is 5.56 Å². The Balaban J connectivity index is 1.54. The summed E-state index contributed by atoms with van der Waals surface area (Å²) in [6.07, 6.45) is 0. The normalized spacial score (nSPS) is 25.5. The minimum atomic E-state index is -1.15. The predicted octanol–water partition coefficient (Wildman–Crippen LogP) is 4.34. The van der Waals surface area contributed by atoms with Gasteiger partial charge in [0.05, 0.1) is 34.1 Å². The standard InChI is InChI=1S/C30H25ClN4O3/c1-15(2)25-23-24(28(38)34(27(23)37)22-14-17(31)13-12-16(22)3)30(33-25)19-9-5-7-11-21(19)35-26(36)18-8-4-6-10-20(18)32-29(30)35/h4-15,23-25,33H,1-3H3/t23-,24-,25?,30?/m1/s1. The molecule has 38 heavy (non-hydrogen) atoms. The molecule has 3 aliphatic heterocycles. The van der Waals surface area contributed by atoms with Crippen molar-refractivity contribution >= 4 is 40.0 Å². The molecule has 1 spiro atoms. The van der Waals surface area contributed by atoms with Gasteiger partial charge in [-0.05, 0) is 48.7 Å². The molecule has 1 aromatic heterocycles. The summed E-state index contributed by atoms with van der Waals surface area (Å²) in [5.74, 6) is -1.51. The Hall–Kier alpha value is -3.81. The second kappa shape index (κ2) is 7.85.